The molecule has 3 rings (SSSR count). The van der Waals surface area contributed by atoms with Gasteiger partial charge in [0.2, 0.25) is 0 Å². The average molecular weight is 371 g/mol. The molecule has 0 fully saturated rings. The summed E-state index contributed by atoms with van der Waals surface area (Å²) >= 11 is 1.16. The van der Waals surface area contributed by atoms with Crippen LogP contribution in [0.5, 0.6) is 0 Å². The van der Waals surface area contributed by atoms with E-state index in [4.69, 9.17) is 4.74 Å². The first-order valence-corrected chi connectivity index (χ1v) is 8.91. The molecule has 0 aliphatic heterocycles. The number of hydrogen-bond donors (Lipinski definition) is 1. The molecule has 0 saturated heterocycles. The third-order valence-corrected chi connectivity index (χ3v) is 5.41. The first-order valence-electron chi connectivity index (χ1n) is 8.09. The minimum Gasteiger partial charge on any atom is -0.451 e. The summed E-state index contributed by atoms with van der Waals surface area (Å²) < 4.78 is 19.8. The van der Waals surface area contributed by atoms with Crippen molar-refractivity contribution < 1.29 is 18.7 Å². The summed E-state index contributed by atoms with van der Waals surface area (Å²) in [6.07, 6.45) is 0. The zero-order valence-corrected chi connectivity index (χ0v) is 15.5. The largest absolute Gasteiger partial charge is 0.451 e. The monoisotopic (exact) mass is 371 g/mol. The Morgan fingerprint density at radius 2 is 1.73 bits per heavy atom. The number of carbonyl (C=O) groups is 2. The van der Waals surface area contributed by atoms with E-state index in [1.54, 1.807) is 19.1 Å². The zero-order valence-electron chi connectivity index (χ0n) is 14.7. The summed E-state index contributed by atoms with van der Waals surface area (Å²) in [5.41, 5.74) is 3.11. The van der Waals surface area contributed by atoms with E-state index < -0.39 is 18.5 Å². The van der Waals surface area contributed by atoms with Crippen molar-refractivity contribution in [2.24, 2.45) is 0 Å². The molecule has 0 atom stereocenters. The summed E-state index contributed by atoms with van der Waals surface area (Å²) in [5, 5.41) is 3.18. The number of nitrogens with one attached hydrogen (secondary N) is 1. The van der Waals surface area contributed by atoms with Crippen molar-refractivity contribution in [3.63, 3.8) is 0 Å². The van der Waals surface area contributed by atoms with Crippen LogP contribution in [0.15, 0.2) is 36.4 Å². The van der Waals surface area contributed by atoms with Crippen LogP contribution in [-0.2, 0) is 9.53 Å². The van der Waals surface area contributed by atoms with Gasteiger partial charge in [-0.3, -0.25) is 4.79 Å². The maximum absolute atomic E-state index is 13.9. The highest BCUT2D eigenvalue weighted by Gasteiger charge is 2.20. The molecule has 0 spiro atoms. The Morgan fingerprint density at radius 3 is 2.38 bits per heavy atom. The van der Waals surface area contributed by atoms with Gasteiger partial charge in [-0.2, -0.15) is 0 Å². The van der Waals surface area contributed by atoms with Crippen molar-refractivity contribution in [3.05, 3.63) is 63.8 Å². The van der Waals surface area contributed by atoms with E-state index in [1.165, 1.54) is 6.07 Å². The number of benzene rings is 2. The number of carbonyl (C=O) groups excluding carboxylic acids is 2. The number of aryl methyl sites for hydroxylation is 3. The second-order valence-electron chi connectivity index (χ2n) is 6.06. The Morgan fingerprint density at radius 1 is 1.08 bits per heavy atom. The molecule has 0 aliphatic rings. The number of thiophene rings is 1. The van der Waals surface area contributed by atoms with Gasteiger partial charge in [-0.25, -0.2) is 9.18 Å². The topological polar surface area (TPSA) is 55.4 Å². The summed E-state index contributed by atoms with van der Waals surface area (Å²) in [6.45, 7) is 5.06. The van der Waals surface area contributed by atoms with Gasteiger partial charge in [0.05, 0.1) is 0 Å². The molecule has 0 aliphatic carbocycles. The highest BCUT2D eigenvalue weighted by atomic mass is 32.1. The molecule has 0 saturated carbocycles. The van der Waals surface area contributed by atoms with Crippen LogP contribution < -0.4 is 5.32 Å². The fraction of sp³-hybridized carbons (Fsp3) is 0.200. The van der Waals surface area contributed by atoms with E-state index >= 15 is 0 Å². The lowest BCUT2D eigenvalue weighted by Gasteiger charge is -2.11. The second kappa shape index (κ2) is 7.25. The van der Waals surface area contributed by atoms with Gasteiger partial charge in [-0.15, -0.1) is 11.3 Å². The average Bonchev–Trinajstić information content (AvgIpc) is 2.94. The van der Waals surface area contributed by atoms with Crippen LogP contribution in [0.2, 0.25) is 0 Å². The Kier molecular flexibility index (Phi) is 5.04. The van der Waals surface area contributed by atoms with E-state index in [0.29, 0.717) is 26.2 Å². The van der Waals surface area contributed by atoms with Crippen molar-refractivity contribution in [1.29, 1.82) is 0 Å². The van der Waals surface area contributed by atoms with Crippen LogP contribution in [0, 0.1) is 26.6 Å². The third kappa shape index (κ3) is 3.46. The van der Waals surface area contributed by atoms with Gasteiger partial charge < -0.3 is 10.1 Å². The molecular formula is C20H18FNO3S. The predicted octanol–water partition coefficient (Wildman–Crippen LogP) is 4.76. The minimum absolute atomic E-state index is 0.310. The van der Waals surface area contributed by atoms with E-state index in [-0.39, 0.29) is 5.82 Å². The summed E-state index contributed by atoms with van der Waals surface area (Å²) in [5.74, 6) is -1.41. The molecule has 0 bridgehead atoms. The van der Waals surface area contributed by atoms with Crippen LogP contribution in [0.1, 0.15) is 26.4 Å². The highest BCUT2D eigenvalue weighted by molar-refractivity contribution is 7.21. The Balaban J connectivity index is 1.70. The maximum atomic E-state index is 13.9. The molecule has 1 amide bonds. The smallest absolute Gasteiger partial charge is 0.349 e. The summed E-state index contributed by atoms with van der Waals surface area (Å²) in [6, 6.07) is 10.4. The van der Waals surface area contributed by atoms with Crippen LogP contribution in [0.3, 0.4) is 0 Å². The van der Waals surface area contributed by atoms with Gasteiger partial charge in [-0.05, 0) is 49.6 Å². The van der Waals surface area contributed by atoms with Crippen LogP contribution in [0.4, 0.5) is 10.1 Å². The number of fused-ring (bicyclic) bond motifs is 1. The fourth-order valence-electron chi connectivity index (χ4n) is 2.83. The summed E-state index contributed by atoms with van der Waals surface area (Å²) in [4.78, 5) is 24.8. The van der Waals surface area contributed by atoms with Gasteiger partial charge in [0.1, 0.15) is 10.7 Å². The number of ether oxygens (including phenoxy) is 1. The lowest BCUT2D eigenvalue weighted by molar-refractivity contribution is -0.119. The number of anilines is 1. The third-order valence-electron chi connectivity index (χ3n) is 4.17. The lowest BCUT2D eigenvalue weighted by atomic mass is 10.1. The van der Waals surface area contributed by atoms with E-state index in [2.05, 4.69) is 5.32 Å². The van der Waals surface area contributed by atoms with Crippen molar-refractivity contribution in [1.82, 2.24) is 0 Å². The number of halogens is 1. The lowest BCUT2D eigenvalue weighted by Crippen LogP contribution is -2.21. The molecule has 1 aromatic heterocycles. The first-order chi connectivity index (χ1) is 12.4. The van der Waals surface area contributed by atoms with Crippen LogP contribution in [0.25, 0.3) is 10.1 Å². The number of hydrogen-bond acceptors (Lipinski definition) is 4. The minimum atomic E-state index is -0.625. The highest BCUT2D eigenvalue weighted by Crippen LogP contribution is 2.33. The first kappa shape index (κ1) is 18.1. The standard InChI is InChI=1S/C20H18FNO3S/c1-11-6-4-7-12(2)18(11)22-16(23)10-25-20(24)19-13(3)17-14(21)8-5-9-15(17)26-19/h4-9H,10H2,1-3H3,(H,22,23). The molecule has 1 heterocycles. The number of esters is 1. The van der Waals surface area contributed by atoms with Gasteiger partial charge in [-0.1, -0.05) is 24.3 Å². The molecule has 26 heavy (non-hydrogen) atoms. The molecule has 1 N–H and O–H groups in total. The van der Waals surface area contributed by atoms with Gasteiger partial charge in [0.15, 0.2) is 6.61 Å². The quantitative estimate of drug-likeness (QED) is 0.673. The van der Waals surface area contributed by atoms with Gasteiger partial charge in [0, 0.05) is 15.8 Å². The zero-order chi connectivity index (χ0) is 18.8. The molecule has 4 nitrogen and oxygen atoms in total. The van der Waals surface area contributed by atoms with E-state index in [1.807, 2.05) is 32.0 Å². The summed E-state index contributed by atoms with van der Waals surface area (Å²) in [7, 11) is 0. The molecule has 2 aromatic carbocycles. The van der Waals surface area contributed by atoms with Crippen molar-refractivity contribution in [2.75, 3.05) is 11.9 Å². The van der Waals surface area contributed by atoms with Crippen molar-refractivity contribution in [2.45, 2.75) is 20.8 Å². The molecule has 6 heteroatoms. The molecule has 0 unspecified atom stereocenters. The fourth-order valence-corrected chi connectivity index (χ4v) is 3.95. The van der Waals surface area contributed by atoms with E-state index in [0.717, 1.165) is 22.5 Å². The predicted molar refractivity (Wildman–Crippen MR) is 101 cm³/mol. The van der Waals surface area contributed by atoms with Crippen LogP contribution in [-0.4, -0.2) is 18.5 Å². The number of para-hydroxylation sites is 1. The number of rotatable bonds is 4. The maximum Gasteiger partial charge on any atom is 0.349 e. The van der Waals surface area contributed by atoms with Crippen molar-refractivity contribution in [3.8, 4) is 0 Å². The Hall–Kier alpha value is -2.73. The molecule has 134 valence electrons. The molecule has 3 aromatic rings. The van der Waals surface area contributed by atoms with Gasteiger partial charge >= 0.3 is 5.97 Å². The van der Waals surface area contributed by atoms with E-state index in [9.17, 15) is 14.0 Å². The molecule has 0 radical (unpaired) electrons. The Labute approximate surface area is 154 Å². The second-order valence-corrected chi connectivity index (χ2v) is 7.11. The van der Waals surface area contributed by atoms with Crippen LogP contribution >= 0.6 is 11.3 Å². The normalized spacial score (nSPS) is 10.8. The van der Waals surface area contributed by atoms with Gasteiger partial charge in [0.25, 0.3) is 5.91 Å². The Bertz CT molecular complexity index is 989. The number of amides is 1. The molecular weight excluding hydrogens is 353 g/mol. The van der Waals surface area contributed by atoms with Crippen molar-refractivity contribution >= 4 is 39.0 Å². The SMILES string of the molecule is Cc1cccc(C)c1NC(=O)COC(=O)c1sc2cccc(F)c2c1C.